The molecule has 27 heavy (non-hydrogen) atoms. The molecule has 1 aliphatic rings. The maximum Gasteiger partial charge on any atom is 0.191 e. The number of hydrogen-bond donors (Lipinski definition) is 2. The molecule has 0 atom stereocenters. The Morgan fingerprint density at radius 3 is 2.81 bits per heavy atom. The summed E-state index contributed by atoms with van der Waals surface area (Å²) in [5, 5.41) is 7.83. The van der Waals surface area contributed by atoms with Gasteiger partial charge in [-0.2, -0.15) is 0 Å². The van der Waals surface area contributed by atoms with Gasteiger partial charge in [0, 0.05) is 36.3 Å². The van der Waals surface area contributed by atoms with Crippen molar-refractivity contribution < 1.29 is 4.74 Å². The summed E-state index contributed by atoms with van der Waals surface area (Å²) in [4.78, 5) is 17.4. The number of thiazole rings is 1. The van der Waals surface area contributed by atoms with Gasteiger partial charge in [-0.3, -0.25) is 0 Å². The molecule has 0 bridgehead atoms. The van der Waals surface area contributed by atoms with Crippen molar-refractivity contribution >= 4 is 23.1 Å². The molecule has 8 heteroatoms. The quantitative estimate of drug-likeness (QED) is 0.584. The van der Waals surface area contributed by atoms with Crippen molar-refractivity contribution in [1.29, 1.82) is 0 Å². The third-order valence-corrected chi connectivity index (χ3v) is 5.42. The topological polar surface area (TPSA) is 74.7 Å². The van der Waals surface area contributed by atoms with Gasteiger partial charge in [0.15, 0.2) is 5.96 Å². The molecule has 2 aromatic heterocycles. The molecule has 2 N–H and O–H groups in total. The van der Waals surface area contributed by atoms with Crippen molar-refractivity contribution in [2.24, 2.45) is 4.99 Å². The van der Waals surface area contributed by atoms with Crippen LogP contribution in [0.5, 0.6) is 0 Å². The van der Waals surface area contributed by atoms with E-state index in [1.165, 1.54) is 4.88 Å². The average Bonchev–Trinajstić information content (AvgIpc) is 3.02. The van der Waals surface area contributed by atoms with E-state index in [-0.39, 0.29) is 0 Å². The van der Waals surface area contributed by atoms with Crippen LogP contribution >= 0.6 is 11.3 Å². The fourth-order valence-corrected chi connectivity index (χ4v) is 3.90. The second-order valence-electron chi connectivity index (χ2n) is 6.38. The number of morpholine rings is 1. The van der Waals surface area contributed by atoms with E-state index in [9.17, 15) is 0 Å². The number of anilines is 1. The Hall–Kier alpha value is -2.19. The molecule has 0 aliphatic carbocycles. The first-order valence-electron chi connectivity index (χ1n) is 9.39. The Labute approximate surface area is 164 Å². The van der Waals surface area contributed by atoms with Crippen LogP contribution in [0.3, 0.4) is 0 Å². The molecule has 2 aromatic rings. The molecule has 146 valence electrons. The number of aryl methyl sites for hydroxylation is 2. The number of nitrogens with one attached hydrogen (secondary N) is 2. The lowest BCUT2D eigenvalue weighted by Crippen LogP contribution is -2.38. The minimum Gasteiger partial charge on any atom is -0.378 e. The van der Waals surface area contributed by atoms with E-state index >= 15 is 0 Å². The Bertz CT molecular complexity index is 769. The summed E-state index contributed by atoms with van der Waals surface area (Å²) < 4.78 is 5.46. The van der Waals surface area contributed by atoms with Gasteiger partial charge >= 0.3 is 0 Å². The van der Waals surface area contributed by atoms with Crippen LogP contribution < -0.4 is 15.5 Å². The second kappa shape index (κ2) is 9.66. The zero-order chi connectivity index (χ0) is 19.1. The smallest absolute Gasteiger partial charge is 0.191 e. The number of ether oxygens (including phenoxy) is 1. The summed E-state index contributed by atoms with van der Waals surface area (Å²) in [5.74, 6) is 1.81. The van der Waals surface area contributed by atoms with Crippen LogP contribution in [0.25, 0.3) is 0 Å². The molecule has 0 spiro atoms. The SMILES string of the molecule is CCNC(=NCc1cccnc1N1CCOCC1)NCc1sc(C)nc1C. The molecule has 0 radical (unpaired) electrons. The maximum atomic E-state index is 5.46. The van der Waals surface area contributed by atoms with Gasteiger partial charge in [0.05, 0.1) is 37.0 Å². The van der Waals surface area contributed by atoms with Crippen molar-refractivity contribution in [2.75, 3.05) is 37.7 Å². The molecule has 1 saturated heterocycles. The number of aromatic nitrogens is 2. The summed E-state index contributed by atoms with van der Waals surface area (Å²) >= 11 is 1.73. The Balaban J connectivity index is 1.68. The highest BCUT2D eigenvalue weighted by Crippen LogP contribution is 2.19. The summed E-state index contributed by atoms with van der Waals surface area (Å²) in [7, 11) is 0. The van der Waals surface area contributed by atoms with Crippen LogP contribution in [0.4, 0.5) is 5.82 Å². The van der Waals surface area contributed by atoms with Gasteiger partial charge < -0.3 is 20.3 Å². The first-order chi connectivity index (χ1) is 13.2. The monoisotopic (exact) mass is 388 g/mol. The van der Waals surface area contributed by atoms with E-state index in [0.717, 1.165) is 67.4 Å². The minimum atomic E-state index is 0.580. The van der Waals surface area contributed by atoms with E-state index in [0.29, 0.717) is 6.54 Å². The summed E-state index contributed by atoms with van der Waals surface area (Å²) in [6.45, 7) is 11.5. The van der Waals surface area contributed by atoms with Crippen LogP contribution in [0.1, 0.15) is 28.1 Å². The molecule has 0 unspecified atom stereocenters. The predicted octanol–water partition coefficient (Wildman–Crippen LogP) is 2.25. The Morgan fingerprint density at radius 1 is 1.30 bits per heavy atom. The Kier molecular flexibility index (Phi) is 7.00. The van der Waals surface area contributed by atoms with Gasteiger partial charge in [0.1, 0.15) is 5.82 Å². The normalized spacial score (nSPS) is 15.1. The van der Waals surface area contributed by atoms with Crippen molar-refractivity contribution in [2.45, 2.75) is 33.9 Å². The van der Waals surface area contributed by atoms with Crippen LogP contribution in [0.15, 0.2) is 23.3 Å². The molecule has 3 rings (SSSR count). The third kappa shape index (κ3) is 5.40. The lowest BCUT2D eigenvalue weighted by molar-refractivity contribution is 0.122. The average molecular weight is 389 g/mol. The van der Waals surface area contributed by atoms with Gasteiger partial charge in [-0.05, 0) is 26.8 Å². The standard InChI is InChI=1S/C19H28N6OS/c1-4-20-19(23-13-17-14(2)24-15(3)27-17)22-12-16-6-5-7-21-18(16)25-8-10-26-11-9-25/h5-7H,4,8-13H2,1-3H3,(H2,20,22,23). The van der Waals surface area contributed by atoms with E-state index in [2.05, 4.69) is 45.4 Å². The highest BCUT2D eigenvalue weighted by molar-refractivity contribution is 7.11. The molecule has 1 fully saturated rings. The van der Waals surface area contributed by atoms with E-state index < -0.39 is 0 Å². The van der Waals surface area contributed by atoms with Crippen molar-refractivity contribution in [3.63, 3.8) is 0 Å². The largest absolute Gasteiger partial charge is 0.378 e. The molecule has 0 aromatic carbocycles. The van der Waals surface area contributed by atoms with Crippen molar-refractivity contribution in [3.05, 3.63) is 39.5 Å². The molecule has 0 amide bonds. The number of rotatable bonds is 6. The second-order valence-corrected chi connectivity index (χ2v) is 7.66. The van der Waals surface area contributed by atoms with Crippen LogP contribution in [-0.4, -0.2) is 48.8 Å². The predicted molar refractivity (Wildman–Crippen MR) is 111 cm³/mol. The molecular weight excluding hydrogens is 360 g/mol. The molecule has 3 heterocycles. The zero-order valence-corrected chi connectivity index (χ0v) is 17.1. The van der Waals surface area contributed by atoms with E-state index in [4.69, 9.17) is 9.73 Å². The fraction of sp³-hybridized carbons (Fsp3) is 0.526. The molecular formula is C19H28N6OS. The number of guanidine groups is 1. The van der Waals surface area contributed by atoms with Crippen LogP contribution in [0, 0.1) is 13.8 Å². The lowest BCUT2D eigenvalue weighted by atomic mass is 10.2. The van der Waals surface area contributed by atoms with Crippen LogP contribution in [-0.2, 0) is 17.8 Å². The Morgan fingerprint density at radius 2 is 2.11 bits per heavy atom. The molecule has 0 saturated carbocycles. The first kappa shape index (κ1) is 19.6. The van der Waals surface area contributed by atoms with Crippen molar-refractivity contribution in [1.82, 2.24) is 20.6 Å². The van der Waals surface area contributed by atoms with Gasteiger partial charge in [0.25, 0.3) is 0 Å². The van der Waals surface area contributed by atoms with Gasteiger partial charge in [0.2, 0.25) is 0 Å². The zero-order valence-electron chi connectivity index (χ0n) is 16.3. The van der Waals surface area contributed by atoms with Crippen LogP contribution in [0.2, 0.25) is 0 Å². The number of nitrogens with zero attached hydrogens (tertiary/aromatic N) is 4. The lowest BCUT2D eigenvalue weighted by Gasteiger charge is -2.29. The minimum absolute atomic E-state index is 0.580. The highest BCUT2D eigenvalue weighted by atomic mass is 32.1. The summed E-state index contributed by atoms with van der Waals surface area (Å²) in [6, 6.07) is 4.07. The number of hydrogen-bond acceptors (Lipinski definition) is 6. The number of aliphatic imine (C=N–C) groups is 1. The maximum absolute atomic E-state index is 5.46. The summed E-state index contributed by atoms with van der Waals surface area (Å²) in [5.41, 5.74) is 2.21. The molecule has 7 nitrogen and oxygen atoms in total. The first-order valence-corrected chi connectivity index (χ1v) is 10.2. The molecule has 1 aliphatic heterocycles. The van der Waals surface area contributed by atoms with Gasteiger partial charge in [-0.25, -0.2) is 15.0 Å². The van der Waals surface area contributed by atoms with E-state index in [1.54, 1.807) is 11.3 Å². The number of pyridine rings is 1. The third-order valence-electron chi connectivity index (χ3n) is 4.35. The van der Waals surface area contributed by atoms with E-state index in [1.807, 2.05) is 19.2 Å². The summed E-state index contributed by atoms with van der Waals surface area (Å²) in [6.07, 6.45) is 1.84. The van der Waals surface area contributed by atoms with Gasteiger partial charge in [-0.15, -0.1) is 11.3 Å². The van der Waals surface area contributed by atoms with Crippen molar-refractivity contribution in [3.8, 4) is 0 Å². The fourth-order valence-electron chi connectivity index (χ4n) is 3.02. The van der Waals surface area contributed by atoms with Gasteiger partial charge in [-0.1, -0.05) is 6.07 Å². The highest BCUT2D eigenvalue weighted by Gasteiger charge is 2.15.